The number of carbonyl (C=O) groups is 2. The molecule has 7 rings (SSSR count). The topological polar surface area (TPSA) is 90.3 Å². The molecule has 1 saturated heterocycles. The number of aryl methyl sites for hydroxylation is 1. The molecular weight excluding hydrogens is 432 g/mol. The maximum atomic E-state index is 13.5. The second kappa shape index (κ2) is 6.52. The summed E-state index contributed by atoms with van der Waals surface area (Å²) in [4.78, 5) is 30.7. The first-order valence-electron chi connectivity index (χ1n) is 12.5. The molecule has 0 aromatic heterocycles. The number of fused-ring (bicyclic) bond motifs is 3. The highest BCUT2D eigenvalue weighted by Gasteiger charge is 2.85. The number of phenols is 1. The molecule has 3 aliphatic heterocycles. The van der Waals surface area contributed by atoms with Gasteiger partial charge in [-0.3, -0.25) is 19.4 Å². The number of amides is 2. The lowest BCUT2D eigenvalue weighted by atomic mass is 9.35. The van der Waals surface area contributed by atoms with E-state index in [9.17, 15) is 19.8 Å². The van der Waals surface area contributed by atoms with Gasteiger partial charge in [0, 0.05) is 41.8 Å². The largest absolute Gasteiger partial charge is 0.504 e. The van der Waals surface area contributed by atoms with Crippen LogP contribution in [0.2, 0.25) is 0 Å². The van der Waals surface area contributed by atoms with E-state index < -0.39 is 23.2 Å². The Morgan fingerprint density at radius 2 is 1.91 bits per heavy atom. The third kappa shape index (κ3) is 2.05. The zero-order valence-electron chi connectivity index (χ0n) is 19.4. The molecule has 1 spiro atoms. The van der Waals surface area contributed by atoms with Gasteiger partial charge in [0.15, 0.2) is 11.5 Å². The normalized spacial score (nSPS) is 39.9. The molecule has 2 saturated carbocycles. The average Bonchev–Trinajstić information content (AvgIpc) is 3.30. The molecule has 3 heterocycles. The average molecular weight is 463 g/mol. The molecule has 0 radical (unpaired) electrons. The molecule has 1 unspecified atom stereocenters. The first kappa shape index (κ1) is 20.7. The Labute approximate surface area is 198 Å². The van der Waals surface area contributed by atoms with Crippen molar-refractivity contribution in [1.29, 1.82) is 0 Å². The van der Waals surface area contributed by atoms with Crippen molar-refractivity contribution in [3.63, 3.8) is 0 Å². The predicted octanol–water partition coefficient (Wildman–Crippen LogP) is 2.33. The van der Waals surface area contributed by atoms with Crippen molar-refractivity contribution in [1.82, 2.24) is 9.80 Å². The number of rotatable bonds is 3. The number of hydrogen-bond acceptors (Lipinski definition) is 6. The van der Waals surface area contributed by atoms with E-state index in [2.05, 4.69) is 11.5 Å². The fraction of sp³-hybridized carbons (Fsp3) is 0.556. The zero-order chi connectivity index (χ0) is 23.6. The standard InChI is InChI=1S/C27H30N2O5/c1-3-12-28-13-17-22(28)26(33)11-10-18(29-24(31)15-6-4-5-7-16(15)25(29)32)23-27(17,26)20-14(2)8-9-19(30)21(20)34-23/h3,8-9,17-18,22-23,30,33H,1,4-7,10-13H2,2H3/t17?,18-,22-,23+,26-,27+/m1/s1. The second-order valence-corrected chi connectivity index (χ2v) is 11.0. The third-order valence-electron chi connectivity index (χ3n) is 9.74. The number of ether oxygens (including phenoxy) is 1. The molecular formula is C27H30N2O5. The van der Waals surface area contributed by atoms with Crippen molar-refractivity contribution in [2.75, 3.05) is 13.1 Å². The van der Waals surface area contributed by atoms with Gasteiger partial charge in [-0.1, -0.05) is 12.1 Å². The van der Waals surface area contributed by atoms with Crippen molar-refractivity contribution in [2.24, 2.45) is 5.92 Å². The highest BCUT2D eigenvalue weighted by Crippen LogP contribution is 2.73. The predicted molar refractivity (Wildman–Crippen MR) is 123 cm³/mol. The van der Waals surface area contributed by atoms with Crippen LogP contribution in [0, 0.1) is 12.8 Å². The number of piperidine rings is 1. The quantitative estimate of drug-likeness (QED) is 0.529. The molecule has 2 N–H and O–H groups in total. The minimum Gasteiger partial charge on any atom is -0.504 e. The van der Waals surface area contributed by atoms with Gasteiger partial charge >= 0.3 is 0 Å². The number of aromatic hydroxyl groups is 1. The van der Waals surface area contributed by atoms with Crippen LogP contribution in [0.15, 0.2) is 35.9 Å². The number of likely N-dealkylation sites (tertiary alicyclic amines) is 1. The van der Waals surface area contributed by atoms with Gasteiger partial charge < -0.3 is 14.9 Å². The first-order valence-corrected chi connectivity index (χ1v) is 12.5. The highest BCUT2D eigenvalue weighted by molar-refractivity contribution is 6.19. The lowest BCUT2D eigenvalue weighted by molar-refractivity contribution is -0.318. The van der Waals surface area contributed by atoms with Crippen LogP contribution in [0.25, 0.3) is 0 Å². The summed E-state index contributed by atoms with van der Waals surface area (Å²) >= 11 is 0. The molecule has 1 aromatic carbocycles. The zero-order valence-corrected chi connectivity index (χ0v) is 19.4. The summed E-state index contributed by atoms with van der Waals surface area (Å²) in [7, 11) is 0. The summed E-state index contributed by atoms with van der Waals surface area (Å²) in [5, 5.41) is 23.1. The van der Waals surface area contributed by atoms with Gasteiger partial charge in [-0.15, -0.1) is 6.58 Å². The van der Waals surface area contributed by atoms with Crippen molar-refractivity contribution in [2.45, 2.75) is 74.7 Å². The van der Waals surface area contributed by atoms with Gasteiger partial charge in [0.05, 0.1) is 17.1 Å². The fourth-order valence-electron chi connectivity index (χ4n) is 8.54. The number of phenolic OH excluding ortho intramolecular Hbond substituents is 1. The summed E-state index contributed by atoms with van der Waals surface area (Å²) < 4.78 is 6.52. The molecule has 178 valence electrons. The van der Waals surface area contributed by atoms with E-state index in [0.29, 0.717) is 49.1 Å². The lowest BCUT2D eigenvalue weighted by Gasteiger charge is -2.77. The number of imide groups is 1. The van der Waals surface area contributed by atoms with E-state index in [4.69, 9.17) is 4.74 Å². The minimum absolute atomic E-state index is 0.0124. The van der Waals surface area contributed by atoms with Gasteiger partial charge in [0.25, 0.3) is 11.8 Å². The summed E-state index contributed by atoms with van der Waals surface area (Å²) in [6.45, 7) is 7.35. The molecule has 7 heteroatoms. The molecule has 6 aliphatic rings. The van der Waals surface area contributed by atoms with Crippen molar-refractivity contribution < 1.29 is 24.5 Å². The Balaban J connectivity index is 1.36. The van der Waals surface area contributed by atoms with E-state index in [1.165, 1.54) is 4.90 Å². The van der Waals surface area contributed by atoms with Crippen LogP contribution in [-0.2, 0) is 15.0 Å². The lowest BCUT2D eigenvalue weighted by Crippen LogP contribution is -2.92. The van der Waals surface area contributed by atoms with Gasteiger partial charge in [-0.05, 0) is 57.1 Å². The third-order valence-corrected chi connectivity index (χ3v) is 9.74. The van der Waals surface area contributed by atoms with Gasteiger partial charge in [0.2, 0.25) is 0 Å². The van der Waals surface area contributed by atoms with Crippen molar-refractivity contribution in [3.05, 3.63) is 47.1 Å². The van der Waals surface area contributed by atoms with E-state index in [0.717, 1.165) is 30.5 Å². The maximum Gasteiger partial charge on any atom is 0.257 e. The summed E-state index contributed by atoms with van der Waals surface area (Å²) in [6.07, 6.45) is 5.43. The summed E-state index contributed by atoms with van der Waals surface area (Å²) in [5.74, 6) is 0.231. The Hall–Kier alpha value is -2.64. The number of hydrogen-bond donors (Lipinski definition) is 2. The Morgan fingerprint density at radius 1 is 1.21 bits per heavy atom. The molecule has 6 atom stereocenters. The smallest absolute Gasteiger partial charge is 0.257 e. The maximum absolute atomic E-state index is 13.5. The van der Waals surface area contributed by atoms with Crippen LogP contribution in [0.3, 0.4) is 0 Å². The molecule has 3 aliphatic carbocycles. The second-order valence-electron chi connectivity index (χ2n) is 11.0. The van der Waals surface area contributed by atoms with Crippen LogP contribution in [0.4, 0.5) is 0 Å². The number of nitrogens with zero attached hydrogens (tertiary/aromatic N) is 2. The first-order chi connectivity index (χ1) is 16.4. The van der Waals surface area contributed by atoms with Crippen LogP contribution in [-0.4, -0.2) is 68.7 Å². The van der Waals surface area contributed by atoms with Gasteiger partial charge in [0.1, 0.15) is 6.10 Å². The van der Waals surface area contributed by atoms with E-state index in [1.807, 2.05) is 19.1 Å². The monoisotopic (exact) mass is 462 g/mol. The molecule has 7 nitrogen and oxygen atoms in total. The SMILES string of the molecule is C=CCN1CC2[C@@H]1[C@]1(O)CC[C@@H](N3C(=O)C4=C(CCCC4)C3=O)[C@@H]3Oc4c(O)ccc(C)c4[C@@]231. The van der Waals surface area contributed by atoms with Gasteiger partial charge in [-0.2, -0.15) is 0 Å². The van der Waals surface area contributed by atoms with Crippen molar-refractivity contribution in [3.8, 4) is 11.5 Å². The van der Waals surface area contributed by atoms with Crippen LogP contribution < -0.4 is 4.74 Å². The molecule has 0 bridgehead atoms. The van der Waals surface area contributed by atoms with E-state index >= 15 is 0 Å². The fourth-order valence-corrected chi connectivity index (χ4v) is 8.54. The Bertz CT molecular complexity index is 1180. The van der Waals surface area contributed by atoms with Crippen molar-refractivity contribution >= 4 is 11.8 Å². The van der Waals surface area contributed by atoms with Crippen LogP contribution in [0.1, 0.15) is 49.7 Å². The number of aliphatic hydroxyl groups is 1. The molecule has 1 aromatic rings. The summed E-state index contributed by atoms with van der Waals surface area (Å²) in [6, 6.07) is 3.02. The van der Waals surface area contributed by atoms with Gasteiger partial charge in [-0.25, -0.2) is 0 Å². The minimum atomic E-state index is -1.05. The van der Waals surface area contributed by atoms with E-state index in [-0.39, 0.29) is 29.5 Å². The molecule has 34 heavy (non-hydrogen) atoms. The van der Waals surface area contributed by atoms with Crippen LogP contribution >= 0.6 is 0 Å². The molecule has 2 amide bonds. The molecule has 3 fully saturated rings. The van der Waals surface area contributed by atoms with E-state index in [1.54, 1.807) is 6.07 Å². The number of carbonyl (C=O) groups excluding carboxylic acids is 2. The highest BCUT2D eigenvalue weighted by atomic mass is 16.5. The Morgan fingerprint density at radius 3 is 2.59 bits per heavy atom. The summed E-state index contributed by atoms with van der Waals surface area (Å²) in [5.41, 5.74) is 1.37. The van der Waals surface area contributed by atoms with Crippen LogP contribution in [0.5, 0.6) is 11.5 Å². The number of benzene rings is 1. The Kier molecular flexibility index (Phi) is 3.97.